The van der Waals surface area contributed by atoms with Crippen molar-refractivity contribution in [1.82, 2.24) is 14.7 Å². The Labute approximate surface area is 133 Å². The molecular formula is C15H18N4O4. The number of aromatic nitrogens is 2. The van der Waals surface area contributed by atoms with Crippen molar-refractivity contribution in [2.45, 2.75) is 19.4 Å². The van der Waals surface area contributed by atoms with E-state index >= 15 is 0 Å². The molecule has 23 heavy (non-hydrogen) atoms. The fraction of sp³-hybridized carbons (Fsp3) is 0.333. The van der Waals surface area contributed by atoms with Crippen LogP contribution in [0.2, 0.25) is 0 Å². The lowest BCUT2D eigenvalue weighted by Gasteiger charge is -2.24. The van der Waals surface area contributed by atoms with Gasteiger partial charge in [0.2, 0.25) is 0 Å². The summed E-state index contributed by atoms with van der Waals surface area (Å²) in [7, 11) is 1.58. The highest BCUT2D eigenvalue weighted by Gasteiger charge is 2.22. The smallest absolute Gasteiger partial charge is 0.274 e. The summed E-state index contributed by atoms with van der Waals surface area (Å²) >= 11 is 0. The van der Waals surface area contributed by atoms with E-state index in [-0.39, 0.29) is 23.8 Å². The number of carbonyl (C=O) groups excluding carboxylic acids is 1. The van der Waals surface area contributed by atoms with Gasteiger partial charge in [-0.2, -0.15) is 5.10 Å². The Bertz CT molecular complexity index is 733. The zero-order valence-corrected chi connectivity index (χ0v) is 13.1. The van der Waals surface area contributed by atoms with Crippen LogP contribution in [0.1, 0.15) is 24.3 Å². The van der Waals surface area contributed by atoms with Crippen molar-refractivity contribution < 1.29 is 14.8 Å². The van der Waals surface area contributed by atoms with Gasteiger partial charge in [-0.15, -0.1) is 0 Å². The molecule has 8 nitrogen and oxygen atoms in total. The van der Waals surface area contributed by atoms with Crippen molar-refractivity contribution in [1.29, 1.82) is 0 Å². The number of aliphatic hydroxyl groups is 1. The number of nitrogens with zero attached hydrogens (tertiary/aromatic N) is 4. The van der Waals surface area contributed by atoms with Gasteiger partial charge in [0.05, 0.1) is 16.2 Å². The van der Waals surface area contributed by atoms with Crippen molar-refractivity contribution in [3.8, 4) is 5.69 Å². The molecule has 0 saturated carbocycles. The first-order valence-corrected chi connectivity index (χ1v) is 6.96. The molecule has 8 heteroatoms. The van der Waals surface area contributed by atoms with Crippen LogP contribution in [0.4, 0.5) is 5.69 Å². The lowest BCUT2D eigenvalue weighted by molar-refractivity contribution is -0.384. The quantitative estimate of drug-likeness (QED) is 0.667. The zero-order valence-electron chi connectivity index (χ0n) is 13.1. The maximum Gasteiger partial charge on any atom is 0.274 e. The molecule has 0 unspecified atom stereocenters. The van der Waals surface area contributed by atoms with Crippen LogP contribution >= 0.6 is 0 Å². The molecule has 1 heterocycles. The minimum Gasteiger partial charge on any atom is -0.389 e. The molecule has 0 atom stereocenters. The van der Waals surface area contributed by atoms with E-state index in [2.05, 4.69) is 5.10 Å². The van der Waals surface area contributed by atoms with E-state index in [0.29, 0.717) is 5.69 Å². The highest BCUT2D eigenvalue weighted by atomic mass is 16.6. The molecule has 0 spiro atoms. The van der Waals surface area contributed by atoms with Crippen LogP contribution in [-0.4, -0.2) is 49.8 Å². The highest BCUT2D eigenvalue weighted by molar-refractivity contribution is 5.92. The van der Waals surface area contributed by atoms with Crippen LogP contribution < -0.4 is 0 Å². The first kappa shape index (κ1) is 16.6. The summed E-state index contributed by atoms with van der Waals surface area (Å²) in [4.78, 5) is 24.0. The van der Waals surface area contributed by atoms with Gasteiger partial charge in [-0.05, 0) is 26.0 Å². The van der Waals surface area contributed by atoms with Gasteiger partial charge < -0.3 is 10.0 Å². The maximum absolute atomic E-state index is 12.3. The Kier molecular flexibility index (Phi) is 4.46. The lowest BCUT2D eigenvalue weighted by atomic mass is 10.1. The Hall–Kier alpha value is -2.74. The van der Waals surface area contributed by atoms with Gasteiger partial charge in [-0.1, -0.05) is 6.07 Å². The first-order valence-electron chi connectivity index (χ1n) is 6.96. The molecule has 0 aliphatic carbocycles. The molecule has 0 fully saturated rings. The summed E-state index contributed by atoms with van der Waals surface area (Å²) < 4.78 is 1.40. The Morgan fingerprint density at radius 2 is 2.13 bits per heavy atom. The molecule has 0 bridgehead atoms. The minimum atomic E-state index is -1.01. The number of benzene rings is 1. The SMILES string of the molecule is CN(CC(C)(C)O)C(=O)c1ccn(-c2cccc([N+](=O)[O-])c2)n1. The third-order valence-electron chi connectivity index (χ3n) is 3.08. The van der Waals surface area contributed by atoms with E-state index in [4.69, 9.17) is 0 Å². The van der Waals surface area contributed by atoms with Gasteiger partial charge in [0.25, 0.3) is 11.6 Å². The molecule has 1 aromatic carbocycles. The van der Waals surface area contributed by atoms with Gasteiger partial charge in [-0.25, -0.2) is 4.68 Å². The summed E-state index contributed by atoms with van der Waals surface area (Å²) in [6.07, 6.45) is 1.56. The van der Waals surface area contributed by atoms with E-state index in [1.54, 1.807) is 39.2 Å². The van der Waals surface area contributed by atoms with E-state index < -0.39 is 10.5 Å². The average Bonchev–Trinajstić information content (AvgIpc) is 2.94. The predicted octanol–water partition coefficient (Wildman–Crippen LogP) is 1.62. The lowest BCUT2D eigenvalue weighted by Crippen LogP contribution is -2.39. The van der Waals surface area contributed by atoms with E-state index in [1.165, 1.54) is 27.8 Å². The minimum absolute atomic E-state index is 0.0509. The third-order valence-corrected chi connectivity index (χ3v) is 3.08. The van der Waals surface area contributed by atoms with Gasteiger partial charge in [-0.3, -0.25) is 14.9 Å². The molecule has 122 valence electrons. The zero-order chi connectivity index (χ0) is 17.2. The molecule has 0 radical (unpaired) electrons. The molecule has 2 rings (SSSR count). The van der Waals surface area contributed by atoms with Crippen LogP contribution in [0.5, 0.6) is 0 Å². The largest absolute Gasteiger partial charge is 0.389 e. The molecule has 1 aromatic heterocycles. The summed E-state index contributed by atoms with van der Waals surface area (Å²) in [5.74, 6) is -0.337. The van der Waals surface area contributed by atoms with Crippen molar-refractivity contribution in [2.75, 3.05) is 13.6 Å². The molecule has 0 saturated heterocycles. The van der Waals surface area contributed by atoms with Crippen LogP contribution in [0, 0.1) is 10.1 Å². The Balaban J connectivity index is 2.22. The van der Waals surface area contributed by atoms with Crippen molar-refractivity contribution >= 4 is 11.6 Å². The summed E-state index contributed by atoms with van der Waals surface area (Å²) in [6, 6.07) is 7.51. The number of carbonyl (C=O) groups is 1. The van der Waals surface area contributed by atoms with Crippen molar-refractivity contribution in [2.24, 2.45) is 0 Å². The monoisotopic (exact) mass is 318 g/mol. The Morgan fingerprint density at radius 1 is 1.43 bits per heavy atom. The number of rotatable bonds is 5. The summed E-state index contributed by atoms with van der Waals surface area (Å²) in [6.45, 7) is 3.38. The van der Waals surface area contributed by atoms with Crippen LogP contribution in [0.15, 0.2) is 36.5 Å². The number of nitro benzene ring substituents is 1. The maximum atomic E-state index is 12.3. The molecule has 2 aromatic rings. The van der Waals surface area contributed by atoms with Crippen LogP contribution in [0.3, 0.4) is 0 Å². The number of hydrogen-bond acceptors (Lipinski definition) is 5. The van der Waals surface area contributed by atoms with Gasteiger partial charge in [0.1, 0.15) is 0 Å². The van der Waals surface area contributed by atoms with Gasteiger partial charge >= 0.3 is 0 Å². The fourth-order valence-corrected chi connectivity index (χ4v) is 2.18. The van der Waals surface area contributed by atoms with E-state index in [9.17, 15) is 20.0 Å². The van der Waals surface area contributed by atoms with Crippen molar-refractivity contribution in [3.63, 3.8) is 0 Å². The van der Waals surface area contributed by atoms with E-state index in [0.717, 1.165) is 0 Å². The van der Waals surface area contributed by atoms with Crippen LogP contribution in [0.25, 0.3) is 5.69 Å². The van der Waals surface area contributed by atoms with Crippen LogP contribution in [-0.2, 0) is 0 Å². The van der Waals surface area contributed by atoms with Crippen molar-refractivity contribution in [3.05, 3.63) is 52.3 Å². The third kappa shape index (κ3) is 4.13. The number of likely N-dealkylation sites (N-methyl/N-ethyl adjacent to an activating group) is 1. The normalized spacial score (nSPS) is 11.3. The standard InChI is InChI=1S/C15H18N4O4/c1-15(2,21)10-17(3)14(20)13-7-8-18(16-13)11-5-4-6-12(9-11)19(22)23/h4-9,21H,10H2,1-3H3. The second kappa shape index (κ2) is 6.17. The van der Waals surface area contributed by atoms with Gasteiger partial charge in [0.15, 0.2) is 5.69 Å². The molecular weight excluding hydrogens is 300 g/mol. The second-order valence-electron chi connectivity index (χ2n) is 5.90. The van der Waals surface area contributed by atoms with Gasteiger partial charge in [0, 0.05) is 31.9 Å². The first-order chi connectivity index (χ1) is 10.7. The molecule has 1 amide bonds. The second-order valence-corrected chi connectivity index (χ2v) is 5.90. The average molecular weight is 318 g/mol. The number of non-ortho nitro benzene ring substituents is 1. The molecule has 1 N–H and O–H groups in total. The van der Waals surface area contributed by atoms with E-state index in [1.807, 2.05) is 0 Å². The number of hydrogen-bond donors (Lipinski definition) is 1. The molecule has 0 aliphatic rings. The fourth-order valence-electron chi connectivity index (χ4n) is 2.18. The molecule has 0 aliphatic heterocycles. The Morgan fingerprint density at radius 3 is 2.74 bits per heavy atom. The summed E-state index contributed by atoms with van der Waals surface area (Å²) in [5, 5.41) is 24.7. The number of amides is 1. The summed E-state index contributed by atoms with van der Waals surface area (Å²) in [5.41, 5.74) is -0.371. The highest BCUT2D eigenvalue weighted by Crippen LogP contribution is 2.17. The topological polar surface area (TPSA) is 102 Å². The number of nitro groups is 1. The predicted molar refractivity (Wildman–Crippen MR) is 83.5 cm³/mol.